The van der Waals surface area contributed by atoms with Crippen LogP contribution in [0.5, 0.6) is 0 Å². The molecule has 2 aromatic carbocycles. The van der Waals surface area contributed by atoms with Crippen LogP contribution in [-0.4, -0.2) is 10.9 Å². The number of thiazole rings is 1. The Kier molecular flexibility index (Phi) is 5.83. The first-order valence-corrected chi connectivity index (χ1v) is 9.68. The van der Waals surface area contributed by atoms with Crippen molar-refractivity contribution in [2.45, 2.75) is 24.1 Å². The van der Waals surface area contributed by atoms with Crippen molar-refractivity contribution in [3.63, 3.8) is 0 Å². The van der Waals surface area contributed by atoms with Gasteiger partial charge < -0.3 is 5.32 Å². The number of nitrogens with one attached hydrogen (secondary N) is 1. The van der Waals surface area contributed by atoms with Crippen molar-refractivity contribution in [3.05, 3.63) is 81.6 Å². The van der Waals surface area contributed by atoms with Gasteiger partial charge in [0.1, 0.15) is 5.82 Å². The molecule has 1 N–H and O–H groups in total. The number of carbonyl (C=O) groups is 1. The fourth-order valence-corrected chi connectivity index (χ4v) is 3.95. The lowest BCUT2D eigenvalue weighted by Gasteiger charge is -2.10. The van der Waals surface area contributed by atoms with Gasteiger partial charge in [0.05, 0.1) is 16.8 Å². The molecular formula is C19H17FN2OS2. The molecule has 0 aliphatic carbocycles. The molecule has 1 amide bonds. The van der Waals surface area contributed by atoms with Crippen LogP contribution >= 0.6 is 23.1 Å². The average Bonchev–Trinajstić information content (AvgIpc) is 3.14. The van der Waals surface area contributed by atoms with Gasteiger partial charge in [0, 0.05) is 22.6 Å². The van der Waals surface area contributed by atoms with Crippen LogP contribution in [0.2, 0.25) is 0 Å². The van der Waals surface area contributed by atoms with E-state index in [1.165, 1.54) is 6.07 Å². The van der Waals surface area contributed by atoms with Gasteiger partial charge in [-0.1, -0.05) is 24.3 Å². The highest BCUT2D eigenvalue weighted by Gasteiger charge is 2.12. The number of thioether (sulfide) groups is 1. The zero-order chi connectivity index (χ0) is 17.6. The van der Waals surface area contributed by atoms with Crippen LogP contribution in [0.25, 0.3) is 0 Å². The van der Waals surface area contributed by atoms with Gasteiger partial charge in [-0.05, 0) is 36.2 Å². The van der Waals surface area contributed by atoms with Crippen molar-refractivity contribution in [2.24, 2.45) is 0 Å². The molecule has 128 valence electrons. The molecule has 0 fully saturated rings. The SMILES string of the molecule is Cc1cc(CNC(=O)c2ccccc2SCc2cscn2)ccc1F. The number of amides is 1. The first kappa shape index (κ1) is 17.6. The van der Waals surface area contributed by atoms with E-state index in [4.69, 9.17) is 0 Å². The second-order valence-electron chi connectivity index (χ2n) is 5.53. The summed E-state index contributed by atoms with van der Waals surface area (Å²) in [6.45, 7) is 2.08. The highest BCUT2D eigenvalue weighted by atomic mass is 32.2. The monoisotopic (exact) mass is 372 g/mol. The van der Waals surface area contributed by atoms with E-state index in [-0.39, 0.29) is 11.7 Å². The highest BCUT2D eigenvalue weighted by Crippen LogP contribution is 2.26. The summed E-state index contributed by atoms with van der Waals surface area (Å²) in [6.07, 6.45) is 0. The fourth-order valence-electron chi connectivity index (χ4n) is 2.33. The first-order valence-electron chi connectivity index (χ1n) is 7.75. The fraction of sp³-hybridized carbons (Fsp3) is 0.158. The van der Waals surface area contributed by atoms with E-state index in [0.29, 0.717) is 17.7 Å². The number of halogens is 1. The molecule has 1 aromatic heterocycles. The smallest absolute Gasteiger partial charge is 0.252 e. The Hall–Kier alpha value is -2.18. The topological polar surface area (TPSA) is 42.0 Å². The summed E-state index contributed by atoms with van der Waals surface area (Å²) in [5.41, 5.74) is 4.90. The quantitative estimate of drug-likeness (QED) is 0.631. The minimum Gasteiger partial charge on any atom is -0.348 e. The van der Waals surface area contributed by atoms with Gasteiger partial charge in [-0.25, -0.2) is 9.37 Å². The lowest BCUT2D eigenvalue weighted by molar-refractivity contribution is 0.0948. The maximum absolute atomic E-state index is 13.3. The third kappa shape index (κ3) is 4.67. The first-order chi connectivity index (χ1) is 12.1. The molecule has 0 aliphatic rings. The average molecular weight is 372 g/mol. The molecule has 0 radical (unpaired) electrons. The number of benzene rings is 2. The minimum absolute atomic E-state index is 0.136. The highest BCUT2D eigenvalue weighted by molar-refractivity contribution is 7.98. The molecule has 3 rings (SSSR count). The van der Waals surface area contributed by atoms with E-state index in [2.05, 4.69) is 10.3 Å². The largest absolute Gasteiger partial charge is 0.348 e. The molecular weight excluding hydrogens is 355 g/mol. The Labute approximate surface area is 154 Å². The third-order valence-corrected chi connectivity index (χ3v) is 5.41. The zero-order valence-electron chi connectivity index (χ0n) is 13.7. The standard InChI is InChI=1S/C19H17FN2OS2/c1-13-8-14(6-7-17(13)20)9-21-19(23)16-4-2-3-5-18(16)25-11-15-10-24-12-22-15/h2-8,10,12H,9,11H2,1H3,(H,21,23). The Morgan fingerprint density at radius 3 is 2.88 bits per heavy atom. The van der Waals surface area contributed by atoms with Crippen molar-refractivity contribution in [3.8, 4) is 0 Å². The van der Waals surface area contributed by atoms with Crippen LogP contribution in [0, 0.1) is 12.7 Å². The Morgan fingerprint density at radius 2 is 2.12 bits per heavy atom. The van der Waals surface area contributed by atoms with Crippen molar-refractivity contribution in [1.29, 1.82) is 0 Å². The van der Waals surface area contributed by atoms with Crippen LogP contribution in [0.3, 0.4) is 0 Å². The molecule has 1 heterocycles. The predicted octanol–water partition coefficient (Wildman–Crippen LogP) is 4.81. The molecule has 0 bridgehead atoms. The third-order valence-electron chi connectivity index (χ3n) is 3.67. The summed E-state index contributed by atoms with van der Waals surface area (Å²) in [4.78, 5) is 17.7. The van der Waals surface area contributed by atoms with E-state index in [9.17, 15) is 9.18 Å². The van der Waals surface area contributed by atoms with Gasteiger partial charge in [0.2, 0.25) is 0 Å². The van der Waals surface area contributed by atoms with Gasteiger partial charge in [-0.3, -0.25) is 4.79 Å². The van der Waals surface area contributed by atoms with Crippen molar-refractivity contribution in [1.82, 2.24) is 10.3 Å². The summed E-state index contributed by atoms with van der Waals surface area (Å²) in [5.74, 6) is 0.354. The summed E-state index contributed by atoms with van der Waals surface area (Å²) < 4.78 is 13.3. The zero-order valence-corrected chi connectivity index (χ0v) is 15.3. The molecule has 6 heteroatoms. The number of carbonyl (C=O) groups excluding carboxylic acids is 1. The number of rotatable bonds is 6. The molecule has 0 atom stereocenters. The van der Waals surface area contributed by atoms with Crippen LogP contribution in [-0.2, 0) is 12.3 Å². The lowest BCUT2D eigenvalue weighted by Crippen LogP contribution is -2.23. The minimum atomic E-state index is -0.237. The maximum Gasteiger partial charge on any atom is 0.252 e. The van der Waals surface area contributed by atoms with Gasteiger partial charge in [0.15, 0.2) is 0 Å². The second kappa shape index (κ2) is 8.27. The van der Waals surface area contributed by atoms with E-state index in [1.54, 1.807) is 47.7 Å². The van der Waals surface area contributed by atoms with Crippen LogP contribution < -0.4 is 5.32 Å². The Bertz CT molecular complexity index is 866. The van der Waals surface area contributed by atoms with Crippen molar-refractivity contribution in [2.75, 3.05) is 0 Å². The molecule has 3 nitrogen and oxygen atoms in total. The molecule has 0 unspecified atom stereocenters. The van der Waals surface area contributed by atoms with E-state index in [0.717, 1.165) is 21.9 Å². The van der Waals surface area contributed by atoms with Crippen LogP contribution in [0.1, 0.15) is 27.2 Å². The number of hydrogen-bond acceptors (Lipinski definition) is 4. The van der Waals surface area contributed by atoms with E-state index >= 15 is 0 Å². The van der Waals surface area contributed by atoms with Gasteiger partial charge in [-0.15, -0.1) is 23.1 Å². The molecule has 0 saturated heterocycles. The molecule has 0 spiro atoms. The summed E-state index contributed by atoms with van der Waals surface area (Å²) >= 11 is 3.16. The molecule has 0 aliphatic heterocycles. The molecule has 0 saturated carbocycles. The second-order valence-corrected chi connectivity index (χ2v) is 7.27. The Balaban J connectivity index is 1.66. The van der Waals surface area contributed by atoms with E-state index in [1.807, 2.05) is 29.6 Å². The lowest BCUT2D eigenvalue weighted by atomic mass is 10.1. The number of hydrogen-bond donors (Lipinski definition) is 1. The van der Waals surface area contributed by atoms with Gasteiger partial charge in [-0.2, -0.15) is 0 Å². The van der Waals surface area contributed by atoms with Gasteiger partial charge >= 0.3 is 0 Å². The molecule has 25 heavy (non-hydrogen) atoms. The number of aromatic nitrogens is 1. The summed E-state index contributed by atoms with van der Waals surface area (Å²) in [6, 6.07) is 12.4. The Morgan fingerprint density at radius 1 is 1.28 bits per heavy atom. The van der Waals surface area contributed by atoms with Crippen LogP contribution in [0.15, 0.2) is 58.3 Å². The van der Waals surface area contributed by atoms with Gasteiger partial charge in [0.25, 0.3) is 5.91 Å². The van der Waals surface area contributed by atoms with Crippen molar-refractivity contribution < 1.29 is 9.18 Å². The molecule has 3 aromatic rings. The van der Waals surface area contributed by atoms with E-state index < -0.39 is 0 Å². The number of aryl methyl sites for hydroxylation is 1. The van der Waals surface area contributed by atoms with Crippen LogP contribution in [0.4, 0.5) is 4.39 Å². The maximum atomic E-state index is 13.3. The predicted molar refractivity (Wildman–Crippen MR) is 100 cm³/mol. The summed E-state index contributed by atoms with van der Waals surface area (Å²) in [7, 11) is 0. The normalized spacial score (nSPS) is 10.6. The van der Waals surface area contributed by atoms with Crippen molar-refractivity contribution >= 4 is 29.0 Å². The summed E-state index contributed by atoms with van der Waals surface area (Å²) in [5, 5.41) is 4.91. The number of nitrogens with zero attached hydrogens (tertiary/aromatic N) is 1.